The standard InChI is InChI=1S/C17H26/c1-2-4-10(3-1)15-9-11-5-6-14-12-7-13(8-12)17(14)16(11)15/h10-17H,1-9H2. The van der Waals surface area contributed by atoms with Crippen molar-refractivity contribution in [2.24, 2.45) is 47.3 Å². The van der Waals surface area contributed by atoms with Crippen molar-refractivity contribution in [3.05, 3.63) is 0 Å². The lowest BCUT2D eigenvalue weighted by Gasteiger charge is -2.56. The molecule has 0 radical (unpaired) electrons. The predicted octanol–water partition coefficient (Wildman–Crippen LogP) is 4.49. The van der Waals surface area contributed by atoms with Gasteiger partial charge in [0.15, 0.2) is 0 Å². The molecular weight excluding hydrogens is 204 g/mol. The van der Waals surface area contributed by atoms with E-state index in [1.165, 1.54) is 47.3 Å². The van der Waals surface area contributed by atoms with Gasteiger partial charge in [0.05, 0.1) is 0 Å². The summed E-state index contributed by atoms with van der Waals surface area (Å²) >= 11 is 0. The van der Waals surface area contributed by atoms with Crippen LogP contribution in [-0.2, 0) is 0 Å². The molecule has 0 nitrogen and oxygen atoms in total. The van der Waals surface area contributed by atoms with Crippen molar-refractivity contribution < 1.29 is 0 Å². The molecule has 0 aromatic rings. The van der Waals surface area contributed by atoms with E-state index in [1.807, 2.05) is 0 Å². The second-order valence-corrected chi connectivity index (χ2v) is 8.09. The van der Waals surface area contributed by atoms with Crippen LogP contribution in [0, 0.1) is 47.3 Å². The van der Waals surface area contributed by atoms with Crippen molar-refractivity contribution in [3.8, 4) is 0 Å². The molecule has 6 aliphatic carbocycles. The second-order valence-electron chi connectivity index (χ2n) is 8.09. The SMILES string of the molecule is C1CCC(C2CC3CCC4C5CC(C5)C4C32)C1. The van der Waals surface area contributed by atoms with Gasteiger partial charge in [-0.05, 0) is 79.4 Å². The lowest BCUT2D eigenvalue weighted by molar-refractivity contribution is -0.0699. The normalized spacial score (nSPS) is 60.4. The highest BCUT2D eigenvalue weighted by Crippen LogP contribution is 2.69. The largest absolute Gasteiger partial charge is 0.0530 e. The maximum absolute atomic E-state index is 1.65. The summed E-state index contributed by atoms with van der Waals surface area (Å²) < 4.78 is 0. The summed E-state index contributed by atoms with van der Waals surface area (Å²) in [5.74, 6) is 9.67. The van der Waals surface area contributed by atoms with Crippen LogP contribution >= 0.6 is 0 Å². The molecule has 6 fully saturated rings. The molecule has 0 amide bonds. The zero-order valence-corrected chi connectivity index (χ0v) is 11.0. The minimum atomic E-state index is 1.17. The molecular formula is C17H26. The quantitative estimate of drug-likeness (QED) is 0.622. The summed E-state index contributed by atoms with van der Waals surface area (Å²) in [6, 6.07) is 0. The second kappa shape index (κ2) is 3.31. The van der Waals surface area contributed by atoms with E-state index >= 15 is 0 Å². The van der Waals surface area contributed by atoms with Crippen molar-refractivity contribution >= 4 is 0 Å². The van der Waals surface area contributed by atoms with Gasteiger partial charge >= 0.3 is 0 Å². The Kier molecular flexibility index (Phi) is 1.92. The van der Waals surface area contributed by atoms with E-state index in [-0.39, 0.29) is 0 Å². The summed E-state index contributed by atoms with van der Waals surface area (Å²) in [5.41, 5.74) is 0. The number of hydrogen-bond acceptors (Lipinski definition) is 0. The van der Waals surface area contributed by atoms with Crippen LogP contribution < -0.4 is 0 Å². The van der Waals surface area contributed by atoms with Gasteiger partial charge in [0.2, 0.25) is 0 Å². The highest BCUT2D eigenvalue weighted by Gasteiger charge is 2.62. The molecule has 0 saturated heterocycles. The van der Waals surface area contributed by atoms with Crippen LogP contribution in [0.4, 0.5) is 0 Å². The van der Waals surface area contributed by atoms with E-state index in [0.717, 1.165) is 0 Å². The third kappa shape index (κ3) is 1.16. The van der Waals surface area contributed by atoms with Crippen molar-refractivity contribution in [1.29, 1.82) is 0 Å². The molecule has 6 aliphatic rings. The summed E-state index contributed by atoms with van der Waals surface area (Å²) in [7, 11) is 0. The van der Waals surface area contributed by atoms with E-state index in [4.69, 9.17) is 0 Å². The van der Waals surface area contributed by atoms with Gasteiger partial charge in [-0.2, -0.15) is 0 Å². The zero-order chi connectivity index (χ0) is 11.0. The van der Waals surface area contributed by atoms with Crippen LogP contribution in [0.15, 0.2) is 0 Å². The van der Waals surface area contributed by atoms with Crippen LogP contribution in [0.1, 0.15) is 57.8 Å². The van der Waals surface area contributed by atoms with Gasteiger partial charge in [-0.25, -0.2) is 0 Å². The molecule has 0 aliphatic heterocycles. The van der Waals surface area contributed by atoms with Crippen molar-refractivity contribution in [3.63, 3.8) is 0 Å². The molecule has 0 aromatic carbocycles. The van der Waals surface area contributed by atoms with E-state index in [0.29, 0.717) is 0 Å². The Labute approximate surface area is 106 Å². The lowest BCUT2D eigenvalue weighted by atomic mass is 9.49. The number of fused-ring (bicyclic) bond motifs is 1. The van der Waals surface area contributed by atoms with Gasteiger partial charge in [0.25, 0.3) is 0 Å². The first-order valence-corrected chi connectivity index (χ1v) is 8.42. The van der Waals surface area contributed by atoms with Gasteiger partial charge in [-0.1, -0.05) is 25.7 Å². The van der Waals surface area contributed by atoms with Gasteiger partial charge in [0, 0.05) is 0 Å². The number of hydrogen-bond donors (Lipinski definition) is 0. The van der Waals surface area contributed by atoms with E-state index in [9.17, 15) is 0 Å². The molecule has 6 rings (SSSR count). The third-order valence-electron chi connectivity index (χ3n) is 7.79. The molecule has 2 bridgehead atoms. The first-order valence-electron chi connectivity index (χ1n) is 8.42. The maximum atomic E-state index is 1.65. The van der Waals surface area contributed by atoms with Crippen LogP contribution in [0.3, 0.4) is 0 Å². The molecule has 0 N–H and O–H groups in total. The maximum Gasteiger partial charge on any atom is -0.0321 e. The fraction of sp³-hybridized carbons (Fsp3) is 1.00. The van der Waals surface area contributed by atoms with Gasteiger partial charge in [-0.15, -0.1) is 0 Å². The highest BCUT2D eigenvalue weighted by molar-refractivity contribution is 5.11. The first-order chi connectivity index (χ1) is 8.42. The number of rotatable bonds is 1. The Morgan fingerprint density at radius 1 is 0.471 bits per heavy atom. The van der Waals surface area contributed by atoms with Crippen LogP contribution in [0.5, 0.6) is 0 Å². The summed E-state index contributed by atoms with van der Waals surface area (Å²) in [6.45, 7) is 0. The fourth-order valence-electron chi connectivity index (χ4n) is 7.09. The Morgan fingerprint density at radius 3 is 2.06 bits per heavy atom. The summed E-state index contributed by atoms with van der Waals surface area (Å²) in [4.78, 5) is 0. The Balaban J connectivity index is 1.41. The van der Waals surface area contributed by atoms with Crippen molar-refractivity contribution in [2.75, 3.05) is 0 Å². The van der Waals surface area contributed by atoms with Crippen LogP contribution in [0.25, 0.3) is 0 Å². The van der Waals surface area contributed by atoms with Gasteiger partial charge in [-0.3, -0.25) is 0 Å². The average molecular weight is 230 g/mol. The summed E-state index contributed by atoms with van der Waals surface area (Å²) in [6.07, 6.45) is 14.5. The molecule has 6 saturated carbocycles. The molecule has 0 heterocycles. The highest BCUT2D eigenvalue weighted by atomic mass is 14.7. The smallest absolute Gasteiger partial charge is 0.0321 e. The van der Waals surface area contributed by atoms with Crippen molar-refractivity contribution in [1.82, 2.24) is 0 Å². The van der Waals surface area contributed by atoms with Crippen LogP contribution in [-0.4, -0.2) is 0 Å². The van der Waals surface area contributed by atoms with E-state index < -0.39 is 0 Å². The molecule has 5 atom stereocenters. The Bertz CT molecular complexity index is 321. The molecule has 0 aromatic heterocycles. The van der Waals surface area contributed by atoms with E-state index in [1.54, 1.807) is 57.8 Å². The minimum absolute atomic E-state index is 1.17. The lowest BCUT2D eigenvalue weighted by Crippen LogP contribution is -2.49. The molecule has 94 valence electrons. The topological polar surface area (TPSA) is 0 Å². The molecule has 5 unspecified atom stereocenters. The monoisotopic (exact) mass is 230 g/mol. The van der Waals surface area contributed by atoms with E-state index in [2.05, 4.69) is 0 Å². The third-order valence-corrected chi connectivity index (χ3v) is 7.79. The van der Waals surface area contributed by atoms with Gasteiger partial charge < -0.3 is 0 Å². The van der Waals surface area contributed by atoms with Crippen molar-refractivity contribution in [2.45, 2.75) is 57.8 Å². The minimum Gasteiger partial charge on any atom is -0.0530 e. The fourth-order valence-corrected chi connectivity index (χ4v) is 7.09. The Hall–Kier alpha value is 0. The average Bonchev–Trinajstić information content (AvgIpc) is 2.88. The van der Waals surface area contributed by atoms with Crippen LogP contribution in [0.2, 0.25) is 0 Å². The molecule has 0 heteroatoms. The Morgan fingerprint density at radius 2 is 1.24 bits per heavy atom. The predicted molar refractivity (Wildman–Crippen MR) is 69.5 cm³/mol. The molecule has 17 heavy (non-hydrogen) atoms. The summed E-state index contributed by atoms with van der Waals surface area (Å²) in [5, 5.41) is 0. The van der Waals surface area contributed by atoms with Gasteiger partial charge in [0.1, 0.15) is 0 Å². The zero-order valence-electron chi connectivity index (χ0n) is 11.0. The first kappa shape index (κ1) is 9.87. The molecule has 0 spiro atoms.